The van der Waals surface area contributed by atoms with Gasteiger partial charge in [0.25, 0.3) is 11.8 Å². The molecule has 0 spiro atoms. The Labute approximate surface area is 267 Å². The zero-order valence-corrected chi connectivity index (χ0v) is 28.5. The van der Waals surface area contributed by atoms with Gasteiger partial charge < -0.3 is 12.4 Å². The summed E-state index contributed by atoms with van der Waals surface area (Å²) >= 11 is 0. The molecule has 0 fully saturated rings. The molecule has 43 heavy (non-hydrogen) atoms. The Morgan fingerprint density at radius 2 is 1.21 bits per heavy atom. The van der Waals surface area contributed by atoms with Crippen molar-refractivity contribution in [3.8, 4) is 0 Å². The quantitative estimate of drug-likeness (QED) is 0.0422. The van der Waals surface area contributed by atoms with Gasteiger partial charge in [0.2, 0.25) is 5.96 Å². The van der Waals surface area contributed by atoms with Gasteiger partial charge in [-0.1, -0.05) is 73.6 Å². The molecule has 9 heteroatoms. The number of carbonyl (C=O) groups excluding carboxylic acids is 2. The second-order valence-corrected chi connectivity index (χ2v) is 11.4. The lowest BCUT2D eigenvalue weighted by atomic mass is 10.0. The number of aliphatic imine (C=N–C) groups is 1. The van der Waals surface area contributed by atoms with Crippen LogP contribution in [0.25, 0.3) is 0 Å². The summed E-state index contributed by atoms with van der Waals surface area (Å²) in [5.41, 5.74) is 14.5. The summed E-state index contributed by atoms with van der Waals surface area (Å²) in [5.74, 6) is 0.451. The predicted molar refractivity (Wildman–Crippen MR) is 178 cm³/mol. The zero-order chi connectivity index (χ0) is 31.9. The van der Waals surface area contributed by atoms with E-state index in [1.807, 2.05) is 12.2 Å². The summed E-state index contributed by atoms with van der Waals surface area (Å²) in [6.45, 7) is 17.2. The number of carbonyl (C=O) groups is 2. The fourth-order valence-electron chi connectivity index (χ4n) is 3.58. The van der Waals surface area contributed by atoms with Gasteiger partial charge in [0.1, 0.15) is 0 Å². The molecule has 2 amide bonds. The topological polar surface area (TPSA) is 137 Å². The van der Waals surface area contributed by atoms with Gasteiger partial charge in [0, 0.05) is 17.7 Å². The van der Waals surface area contributed by atoms with Crippen LogP contribution in [-0.2, 0) is 9.59 Å². The summed E-state index contributed by atoms with van der Waals surface area (Å²) in [6.07, 6.45) is 21.7. The maximum atomic E-state index is 12.9. The second kappa shape index (κ2) is 25.1. The minimum atomic E-state index is -0.324. The van der Waals surface area contributed by atoms with Crippen LogP contribution >= 0.6 is 0 Å². The van der Waals surface area contributed by atoms with Crippen molar-refractivity contribution < 1.29 is 27.0 Å². The van der Waals surface area contributed by atoms with Crippen LogP contribution in [0.15, 0.2) is 75.9 Å². The number of nitrogens with one attached hydrogen (secondary N) is 3. The second-order valence-electron chi connectivity index (χ2n) is 11.4. The van der Waals surface area contributed by atoms with Crippen LogP contribution in [0.4, 0.5) is 0 Å². The lowest BCUT2D eigenvalue weighted by Gasteiger charge is -2.11. The molecule has 0 aromatic carbocycles. The van der Waals surface area contributed by atoms with Crippen molar-refractivity contribution in [1.82, 2.24) is 10.6 Å². The third-order valence-corrected chi connectivity index (χ3v) is 6.29. The minimum Gasteiger partial charge on any atom is -1.00 e. The molecule has 0 rings (SSSR count). The van der Waals surface area contributed by atoms with Crippen molar-refractivity contribution in [2.24, 2.45) is 28.3 Å². The van der Waals surface area contributed by atoms with Crippen molar-refractivity contribution in [2.45, 2.75) is 93.9 Å². The van der Waals surface area contributed by atoms with Gasteiger partial charge in [-0.3, -0.25) is 41.7 Å². The number of rotatable bonds is 17. The first kappa shape index (κ1) is 41.7. The molecule has 0 aliphatic rings. The molecule has 0 radical (unpaired) electrons. The first-order valence-corrected chi connectivity index (χ1v) is 15.1. The zero-order valence-electron chi connectivity index (χ0n) is 27.7. The molecule has 7 N–H and O–H groups in total. The van der Waals surface area contributed by atoms with E-state index in [2.05, 4.69) is 86.5 Å². The molecule has 0 saturated carbocycles. The van der Waals surface area contributed by atoms with E-state index in [4.69, 9.17) is 11.5 Å². The van der Waals surface area contributed by atoms with Gasteiger partial charge in [0.15, 0.2) is 0 Å². The fraction of sp³-hybridized carbons (Fsp3) is 0.529. The molecule has 0 saturated heterocycles. The lowest BCUT2D eigenvalue weighted by molar-refractivity contribution is -0.459. The van der Waals surface area contributed by atoms with Crippen LogP contribution in [0, 0.1) is 11.8 Å². The third-order valence-electron chi connectivity index (χ3n) is 6.29. The molecule has 0 heterocycles. The smallest absolute Gasteiger partial charge is 0.338 e. The van der Waals surface area contributed by atoms with E-state index < -0.39 is 0 Å². The number of allylic oxidation sites excluding steroid dienone is 10. The Morgan fingerprint density at radius 3 is 1.60 bits per heavy atom. The molecule has 0 aromatic rings. The summed E-state index contributed by atoms with van der Waals surface area (Å²) in [7, 11) is 0. The van der Waals surface area contributed by atoms with Crippen molar-refractivity contribution >= 4 is 23.7 Å². The van der Waals surface area contributed by atoms with E-state index in [9.17, 15) is 9.59 Å². The van der Waals surface area contributed by atoms with Gasteiger partial charge in [-0.05, 0) is 91.9 Å². The molecule has 0 aromatic heterocycles. The Hall–Kier alpha value is -3.39. The molecule has 0 aliphatic heterocycles. The van der Waals surface area contributed by atoms with Crippen molar-refractivity contribution in [1.29, 1.82) is 0 Å². The average Bonchev–Trinajstić information content (AvgIpc) is 2.89. The van der Waals surface area contributed by atoms with Gasteiger partial charge >= 0.3 is 5.96 Å². The van der Waals surface area contributed by atoms with E-state index in [-0.39, 0.29) is 36.1 Å². The highest BCUT2D eigenvalue weighted by molar-refractivity contribution is 6.12. The lowest BCUT2D eigenvalue weighted by Crippen LogP contribution is -3.00. The molecule has 0 unspecified atom stereocenters. The number of hydrogen-bond donors (Lipinski definition) is 5. The normalized spacial score (nSPS) is 13.0. The van der Waals surface area contributed by atoms with Crippen LogP contribution in [-0.4, -0.2) is 36.8 Å². The minimum absolute atomic E-state index is 0. The van der Waals surface area contributed by atoms with E-state index in [1.54, 1.807) is 26.0 Å². The largest absolute Gasteiger partial charge is 1.00 e. The molecule has 0 bridgehead atoms. The fourth-order valence-corrected chi connectivity index (χ4v) is 3.58. The molecule has 2 atom stereocenters. The number of nitrogens with zero attached hydrogens (tertiary/aromatic N) is 1. The molecular weight excluding hydrogens is 560 g/mol. The Kier molecular flexibility index (Phi) is 24.4. The van der Waals surface area contributed by atoms with Crippen LogP contribution in [0.2, 0.25) is 0 Å². The predicted octanol–water partition coefficient (Wildman–Crippen LogP) is 1.48. The number of unbranched alkanes of at least 4 members (excludes halogenated alkanes) is 1. The van der Waals surface area contributed by atoms with E-state index >= 15 is 0 Å². The molecular formula is C34H57ClN6O2. The maximum Gasteiger partial charge on any atom is 0.338 e. The van der Waals surface area contributed by atoms with Crippen LogP contribution in [0.3, 0.4) is 0 Å². The Bertz CT molecular complexity index is 1010. The standard InChI is InChI=1S/C34H56N6O2.ClH/c1-25(2)15-11-17-27(5)19-13-21-29(7)31(41)39-34(38-24-10-9-23-37-33(35)36)40-32(42)30(8)22-14-20-28(6)18-12-16-26(3)4;/h13-16,19-22,27-28H,9-12,17-18,23-24H2,1-8H3,(H4,35,36,37)(H2,38,39,40,41,42);1H/b19-13+,20-14+,29-21+,30-22+;/t27-,28-;/m0./s1. The first-order valence-electron chi connectivity index (χ1n) is 15.1. The van der Waals surface area contributed by atoms with Crippen LogP contribution in [0.1, 0.15) is 93.9 Å². The van der Waals surface area contributed by atoms with Crippen molar-refractivity contribution in [3.63, 3.8) is 0 Å². The van der Waals surface area contributed by atoms with E-state index in [0.29, 0.717) is 36.1 Å². The van der Waals surface area contributed by atoms with Gasteiger partial charge in [-0.2, -0.15) is 0 Å². The first-order chi connectivity index (χ1) is 19.8. The average molecular weight is 617 g/mol. The highest BCUT2D eigenvalue weighted by Crippen LogP contribution is 2.11. The molecule has 242 valence electrons. The number of halogens is 1. The summed E-state index contributed by atoms with van der Waals surface area (Å²) in [6, 6.07) is 0. The third kappa shape index (κ3) is 24.9. The maximum absolute atomic E-state index is 12.9. The van der Waals surface area contributed by atoms with E-state index in [1.165, 1.54) is 11.1 Å². The number of nitrogens with two attached hydrogens (primary N) is 2. The summed E-state index contributed by atoms with van der Waals surface area (Å²) < 4.78 is 0. The highest BCUT2D eigenvalue weighted by Gasteiger charge is 2.12. The SMILES string of the molecule is CC(C)=CCC[C@H](C)/C=C/C=C(\C)C(=O)NC(=NCCCC[NH+]=C(N)N)NC(=O)/C(C)=C/C=C/[C@@H](C)CCC=C(C)C.[Cl-]. The summed E-state index contributed by atoms with van der Waals surface area (Å²) in [5, 5.41) is 5.52. The van der Waals surface area contributed by atoms with Crippen molar-refractivity contribution in [2.75, 3.05) is 13.1 Å². The van der Waals surface area contributed by atoms with Crippen LogP contribution in [0.5, 0.6) is 0 Å². The number of hydrogen-bond acceptors (Lipinski definition) is 3. The monoisotopic (exact) mass is 616 g/mol. The molecule has 8 nitrogen and oxygen atoms in total. The summed E-state index contributed by atoms with van der Waals surface area (Å²) in [4.78, 5) is 33.1. The van der Waals surface area contributed by atoms with Crippen molar-refractivity contribution in [3.05, 3.63) is 70.9 Å². The Morgan fingerprint density at radius 1 is 0.767 bits per heavy atom. The van der Waals surface area contributed by atoms with E-state index in [0.717, 1.165) is 38.5 Å². The van der Waals surface area contributed by atoms with Crippen LogP contribution < -0.4 is 39.5 Å². The highest BCUT2D eigenvalue weighted by atomic mass is 35.5. The number of guanidine groups is 2. The Balaban J connectivity index is 0. The van der Waals surface area contributed by atoms with Gasteiger partial charge in [0.05, 0.1) is 6.54 Å². The molecule has 0 aliphatic carbocycles. The number of amides is 2. The van der Waals surface area contributed by atoms with Gasteiger partial charge in [-0.15, -0.1) is 0 Å². The van der Waals surface area contributed by atoms with Gasteiger partial charge in [-0.25, -0.2) is 0 Å².